The number of nitrogens with zero attached hydrogens (tertiary/aromatic N) is 2. The first-order valence-electron chi connectivity index (χ1n) is 12.2. The minimum atomic E-state index is -0.968. The van der Waals surface area contributed by atoms with E-state index in [0.29, 0.717) is 30.8 Å². The van der Waals surface area contributed by atoms with Crippen LogP contribution in [0, 0.1) is 5.82 Å². The van der Waals surface area contributed by atoms with Gasteiger partial charge in [0.2, 0.25) is 11.8 Å². The summed E-state index contributed by atoms with van der Waals surface area (Å²) in [7, 11) is 0. The van der Waals surface area contributed by atoms with Crippen LogP contribution >= 0.6 is 11.6 Å². The number of halogens is 2. The predicted octanol–water partition coefficient (Wildman–Crippen LogP) is 5.00. The summed E-state index contributed by atoms with van der Waals surface area (Å²) in [6, 6.07) is 9.71. The van der Waals surface area contributed by atoms with Crippen LogP contribution < -0.4 is 4.74 Å². The van der Waals surface area contributed by atoms with E-state index in [2.05, 4.69) is 0 Å². The average Bonchev–Trinajstić information content (AvgIpc) is 3.17. The zero-order valence-corrected chi connectivity index (χ0v) is 21.4. The molecule has 2 amide bonds. The number of carbonyl (C=O) groups excluding carboxylic acids is 2. The lowest BCUT2D eigenvalue weighted by Gasteiger charge is -2.31. The number of rotatable bonds is 13. The van der Waals surface area contributed by atoms with Crippen molar-refractivity contribution in [1.29, 1.82) is 0 Å². The normalized spacial score (nSPS) is 14.5. The molecule has 9 heteroatoms. The molecule has 1 N–H and O–H groups in total. The quantitative estimate of drug-likeness (QED) is 0.376. The van der Waals surface area contributed by atoms with Gasteiger partial charge in [-0.3, -0.25) is 24.2 Å². The fraction of sp³-hybridized carbons (Fsp3) is 0.444. The molecule has 0 spiro atoms. The Hall–Kier alpha value is -2.97. The summed E-state index contributed by atoms with van der Waals surface area (Å²) in [6.45, 7) is 5.56. The first-order chi connectivity index (χ1) is 17.2. The Labute approximate surface area is 215 Å². The van der Waals surface area contributed by atoms with E-state index in [1.807, 2.05) is 36.9 Å². The van der Waals surface area contributed by atoms with Gasteiger partial charge in [-0.1, -0.05) is 43.6 Å². The molecular weight excluding hydrogens is 487 g/mol. The van der Waals surface area contributed by atoms with Gasteiger partial charge in [-0.05, 0) is 54.3 Å². The molecule has 1 saturated heterocycles. The van der Waals surface area contributed by atoms with Crippen LogP contribution in [0.1, 0.15) is 62.3 Å². The number of aliphatic carboxylic acids is 1. The number of hydrogen-bond acceptors (Lipinski definition) is 5. The van der Waals surface area contributed by atoms with Gasteiger partial charge in [0.25, 0.3) is 0 Å². The number of carbonyl (C=O) groups is 3. The molecule has 2 aromatic carbocycles. The second-order valence-corrected chi connectivity index (χ2v) is 9.25. The summed E-state index contributed by atoms with van der Waals surface area (Å²) in [5.41, 5.74) is 2.51. The molecule has 0 bridgehead atoms. The summed E-state index contributed by atoms with van der Waals surface area (Å²) in [6.07, 6.45) is 1.85. The van der Waals surface area contributed by atoms with E-state index >= 15 is 0 Å². The third kappa shape index (κ3) is 7.04. The number of ether oxygens (including phenoxy) is 1. The zero-order chi connectivity index (χ0) is 26.2. The van der Waals surface area contributed by atoms with Crippen molar-refractivity contribution in [1.82, 2.24) is 9.80 Å². The summed E-state index contributed by atoms with van der Waals surface area (Å²) in [4.78, 5) is 38.5. The van der Waals surface area contributed by atoms with Crippen molar-refractivity contribution in [2.24, 2.45) is 0 Å². The van der Waals surface area contributed by atoms with Gasteiger partial charge in [-0.25, -0.2) is 4.39 Å². The Morgan fingerprint density at radius 1 is 1.17 bits per heavy atom. The van der Waals surface area contributed by atoms with Crippen LogP contribution in [0.3, 0.4) is 0 Å². The monoisotopic (exact) mass is 518 g/mol. The topological polar surface area (TPSA) is 87.2 Å². The number of amides is 2. The Bertz CT molecular complexity index is 1090. The molecule has 0 aliphatic carbocycles. The number of aryl methyl sites for hydroxylation is 1. The molecule has 1 fully saturated rings. The molecule has 0 saturated carbocycles. The fourth-order valence-electron chi connectivity index (χ4n) is 4.48. The highest BCUT2D eigenvalue weighted by Gasteiger charge is 2.28. The SMILES string of the molecule is CCCN(Cc1ccc(OCCN2C(=O)CCC2=O)c(CC)c1)C(CC(=O)O)c1ccc(Cl)c(F)c1. The van der Waals surface area contributed by atoms with E-state index in [4.69, 9.17) is 16.3 Å². The third-order valence-corrected chi connectivity index (χ3v) is 6.57. The van der Waals surface area contributed by atoms with Crippen LogP contribution in [0.2, 0.25) is 5.02 Å². The first-order valence-corrected chi connectivity index (χ1v) is 12.6. The van der Waals surface area contributed by atoms with Crippen molar-refractivity contribution in [2.75, 3.05) is 19.7 Å². The second-order valence-electron chi connectivity index (χ2n) is 8.84. The molecule has 2 aromatic rings. The van der Waals surface area contributed by atoms with Gasteiger partial charge < -0.3 is 9.84 Å². The lowest BCUT2D eigenvalue weighted by Crippen LogP contribution is -2.33. The molecule has 1 aliphatic rings. The minimum absolute atomic E-state index is 0.00323. The Morgan fingerprint density at radius 3 is 2.50 bits per heavy atom. The van der Waals surface area contributed by atoms with Gasteiger partial charge in [0, 0.05) is 25.4 Å². The molecule has 1 heterocycles. The van der Waals surface area contributed by atoms with Crippen molar-refractivity contribution in [2.45, 2.75) is 58.5 Å². The summed E-state index contributed by atoms with van der Waals surface area (Å²) in [5.74, 6) is -1.19. The highest BCUT2D eigenvalue weighted by molar-refractivity contribution is 6.30. The van der Waals surface area contributed by atoms with Crippen molar-refractivity contribution >= 4 is 29.4 Å². The smallest absolute Gasteiger partial charge is 0.305 e. The maximum atomic E-state index is 14.2. The van der Waals surface area contributed by atoms with Gasteiger partial charge >= 0.3 is 5.97 Å². The van der Waals surface area contributed by atoms with Gasteiger partial charge in [0.05, 0.1) is 18.0 Å². The van der Waals surface area contributed by atoms with Crippen molar-refractivity contribution in [3.8, 4) is 5.75 Å². The van der Waals surface area contributed by atoms with E-state index in [-0.39, 0.29) is 49.3 Å². The number of benzene rings is 2. The minimum Gasteiger partial charge on any atom is -0.491 e. The van der Waals surface area contributed by atoms with Gasteiger partial charge in [-0.15, -0.1) is 0 Å². The Morgan fingerprint density at radius 2 is 1.89 bits per heavy atom. The largest absolute Gasteiger partial charge is 0.491 e. The maximum absolute atomic E-state index is 14.2. The number of carboxylic acid groups (broad SMARTS) is 1. The van der Waals surface area contributed by atoms with E-state index in [9.17, 15) is 23.9 Å². The molecule has 3 rings (SSSR count). The van der Waals surface area contributed by atoms with Crippen molar-refractivity contribution < 1.29 is 28.6 Å². The highest BCUT2D eigenvalue weighted by atomic mass is 35.5. The summed E-state index contributed by atoms with van der Waals surface area (Å²) >= 11 is 5.84. The molecule has 0 aromatic heterocycles. The Kier molecular flexibility index (Phi) is 9.84. The van der Waals surface area contributed by atoms with E-state index in [1.54, 1.807) is 6.07 Å². The standard InChI is InChI=1S/C27H32ClFN2O5/c1-3-11-30(23(16-27(34)35)20-6-7-21(28)22(29)15-20)17-18-5-8-24(19(4-2)14-18)36-13-12-31-25(32)9-10-26(31)33/h5-8,14-15,23H,3-4,9-13,16-17H2,1-2H3,(H,34,35). The number of imide groups is 1. The maximum Gasteiger partial charge on any atom is 0.305 e. The third-order valence-electron chi connectivity index (χ3n) is 6.27. The highest BCUT2D eigenvalue weighted by Crippen LogP contribution is 2.30. The van der Waals surface area contributed by atoms with Crippen LogP contribution in [0.4, 0.5) is 4.39 Å². The van der Waals surface area contributed by atoms with E-state index in [1.165, 1.54) is 17.0 Å². The molecule has 7 nitrogen and oxygen atoms in total. The number of carboxylic acids is 1. The predicted molar refractivity (Wildman–Crippen MR) is 134 cm³/mol. The molecule has 1 unspecified atom stereocenters. The van der Waals surface area contributed by atoms with Crippen LogP contribution in [-0.2, 0) is 27.3 Å². The molecule has 1 atom stereocenters. The van der Waals surface area contributed by atoms with Gasteiger partial charge in [0.15, 0.2) is 0 Å². The Balaban J connectivity index is 1.76. The first kappa shape index (κ1) is 27.6. The molecule has 0 radical (unpaired) electrons. The van der Waals surface area contributed by atoms with Crippen LogP contribution in [0.5, 0.6) is 5.75 Å². The molecule has 36 heavy (non-hydrogen) atoms. The van der Waals surface area contributed by atoms with Crippen molar-refractivity contribution in [3.05, 3.63) is 63.9 Å². The zero-order valence-electron chi connectivity index (χ0n) is 20.6. The number of hydrogen-bond donors (Lipinski definition) is 1. The average molecular weight is 519 g/mol. The number of likely N-dealkylation sites (tertiary alicyclic amines) is 1. The van der Waals surface area contributed by atoms with Crippen LogP contribution in [0.25, 0.3) is 0 Å². The van der Waals surface area contributed by atoms with E-state index < -0.39 is 17.8 Å². The molecular formula is C27H32ClFN2O5. The van der Waals surface area contributed by atoms with Gasteiger partial charge in [-0.2, -0.15) is 0 Å². The van der Waals surface area contributed by atoms with Crippen LogP contribution in [0.15, 0.2) is 36.4 Å². The molecule has 1 aliphatic heterocycles. The molecule has 194 valence electrons. The van der Waals surface area contributed by atoms with E-state index in [0.717, 1.165) is 17.5 Å². The summed E-state index contributed by atoms with van der Waals surface area (Å²) in [5, 5.41) is 9.55. The lowest BCUT2D eigenvalue weighted by molar-refractivity contribution is -0.140. The van der Waals surface area contributed by atoms with Gasteiger partial charge in [0.1, 0.15) is 18.2 Å². The summed E-state index contributed by atoms with van der Waals surface area (Å²) < 4.78 is 20.1. The van der Waals surface area contributed by atoms with Crippen LogP contribution in [-0.4, -0.2) is 52.4 Å². The van der Waals surface area contributed by atoms with Crippen molar-refractivity contribution in [3.63, 3.8) is 0 Å². The lowest BCUT2D eigenvalue weighted by atomic mass is 9.99. The fourth-order valence-corrected chi connectivity index (χ4v) is 4.59. The second kappa shape index (κ2) is 12.8.